The number of nitrogens with two attached hydrogens (primary N) is 1. The van der Waals surface area contributed by atoms with Crippen LogP contribution in [0, 0.1) is 0 Å². The summed E-state index contributed by atoms with van der Waals surface area (Å²) in [6.07, 6.45) is 0.771. The lowest BCUT2D eigenvalue weighted by Gasteiger charge is -2.04. The van der Waals surface area contributed by atoms with Crippen LogP contribution >= 0.6 is 0 Å². The van der Waals surface area contributed by atoms with E-state index in [1.807, 2.05) is 24.3 Å². The predicted molar refractivity (Wildman–Crippen MR) is 79.6 cm³/mol. The number of aromatic nitrogens is 2. The summed E-state index contributed by atoms with van der Waals surface area (Å²) in [4.78, 5) is 11.9. The van der Waals surface area contributed by atoms with Gasteiger partial charge in [-0.15, -0.1) is 0 Å². The van der Waals surface area contributed by atoms with Gasteiger partial charge in [-0.3, -0.25) is 9.89 Å². The number of carbonyl (C=O) groups is 1. The van der Waals surface area contributed by atoms with E-state index in [-0.39, 0.29) is 5.91 Å². The molecule has 0 unspecified atom stereocenters. The van der Waals surface area contributed by atoms with E-state index in [4.69, 9.17) is 5.73 Å². The topological polar surface area (TPSA) is 83.8 Å². The van der Waals surface area contributed by atoms with Crippen molar-refractivity contribution in [2.75, 3.05) is 12.3 Å². The second-order valence-electron chi connectivity index (χ2n) is 5.11. The Morgan fingerprint density at radius 1 is 1.35 bits per heavy atom. The highest BCUT2D eigenvalue weighted by Gasteiger charge is 2.11. The predicted octanol–water partition coefficient (Wildman–Crippen LogP) is 2.09. The van der Waals surface area contributed by atoms with Gasteiger partial charge in [0, 0.05) is 17.9 Å². The molecule has 4 N–H and O–H groups in total. The normalized spacial score (nSPS) is 10.8. The molecule has 0 aliphatic heterocycles. The Labute approximate surface area is 118 Å². The SMILES string of the molecule is CC(C)c1cc(C(=O)NCCc2ccc(N)cc2)n[nH]1. The van der Waals surface area contributed by atoms with E-state index < -0.39 is 0 Å². The van der Waals surface area contributed by atoms with Crippen molar-refractivity contribution >= 4 is 11.6 Å². The maximum absolute atomic E-state index is 11.9. The molecule has 0 fully saturated rings. The van der Waals surface area contributed by atoms with Crippen molar-refractivity contribution in [3.05, 3.63) is 47.3 Å². The van der Waals surface area contributed by atoms with Crippen LogP contribution in [0.25, 0.3) is 0 Å². The van der Waals surface area contributed by atoms with Crippen molar-refractivity contribution in [2.24, 2.45) is 0 Å². The van der Waals surface area contributed by atoms with Crippen molar-refractivity contribution in [1.29, 1.82) is 0 Å². The molecule has 0 bridgehead atoms. The number of hydrogen-bond donors (Lipinski definition) is 3. The summed E-state index contributed by atoms with van der Waals surface area (Å²) in [5.41, 5.74) is 8.92. The Bertz CT molecular complexity index is 572. The number of nitrogens with zero attached hydrogens (tertiary/aromatic N) is 1. The molecule has 1 aromatic heterocycles. The summed E-state index contributed by atoms with van der Waals surface area (Å²) in [6.45, 7) is 4.68. The van der Waals surface area contributed by atoms with Gasteiger partial charge >= 0.3 is 0 Å². The molecule has 5 heteroatoms. The lowest BCUT2D eigenvalue weighted by molar-refractivity contribution is 0.0949. The van der Waals surface area contributed by atoms with Crippen LogP contribution in [0.5, 0.6) is 0 Å². The van der Waals surface area contributed by atoms with E-state index in [1.54, 1.807) is 6.07 Å². The second kappa shape index (κ2) is 6.23. The third kappa shape index (κ3) is 3.60. The minimum Gasteiger partial charge on any atom is -0.399 e. The fourth-order valence-corrected chi connectivity index (χ4v) is 1.84. The van der Waals surface area contributed by atoms with Crippen LogP contribution in [0.4, 0.5) is 5.69 Å². The van der Waals surface area contributed by atoms with E-state index in [0.717, 1.165) is 23.4 Å². The van der Waals surface area contributed by atoms with Crippen LogP contribution in [0.2, 0.25) is 0 Å². The van der Waals surface area contributed by atoms with Gasteiger partial charge in [-0.1, -0.05) is 26.0 Å². The molecule has 0 saturated heterocycles. The number of rotatable bonds is 5. The number of carbonyl (C=O) groups excluding carboxylic acids is 1. The third-order valence-corrected chi connectivity index (χ3v) is 3.13. The molecule has 1 aromatic carbocycles. The van der Waals surface area contributed by atoms with E-state index in [9.17, 15) is 4.79 Å². The third-order valence-electron chi connectivity index (χ3n) is 3.13. The minimum atomic E-state index is -0.149. The van der Waals surface area contributed by atoms with E-state index >= 15 is 0 Å². The Morgan fingerprint density at radius 2 is 2.05 bits per heavy atom. The van der Waals surface area contributed by atoms with Crippen LogP contribution in [-0.2, 0) is 6.42 Å². The van der Waals surface area contributed by atoms with Gasteiger partial charge in [0.2, 0.25) is 0 Å². The summed E-state index contributed by atoms with van der Waals surface area (Å²) in [7, 11) is 0. The average molecular weight is 272 g/mol. The molecule has 0 radical (unpaired) electrons. The summed E-state index contributed by atoms with van der Waals surface area (Å²) < 4.78 is 0. The van der Waals surface area contributed by atoms with Gasteiger partial charge in [0.15, 0.2) is 0 Å². The number of benzene rings is 1. The highest BCUT2D eigenvalue weighted by Crippen LogP contribution is 2.11. The van der Waals surface area contributed by atoms with E-state index in [1.165, 1.54) is 0 Å². The summed E-state index contributed by atoms with van der Waals surface area (Å²) in [5, 5.41) is 9.76. The van der Waals surface area contributed by atoms with Gasteiger partial charge in [0.1, 0.15) is 5.69 Å². The van der Waals surface area contributed by atoms with Gasteiger partial charge in [0.25, 0.3) is 5.91 Å². The summed E-state index contributed by atoms with van der Waals surface area (Å²) in [5.74, 6) is 0.183. The first kappa shape index (κ1) is 14.1. The molecule has 1 amide bonds. The number of aromatic amines is 1. The smallest absolute Gasteiger partial charge is 0.271 e. The van der Waals surface area contributed by atoms with Crippen molar-refractivity contribution in [3.8, 4) is 0 Å². The number of nitrogen functional groups attached to an aromatic ring is 1. The average Bonchev–Trinajstić information content (AvgIpc) is 2.91. The van der Waals surface area contributed by atoms with Crippen molar-refractivity contribution in [1.82, 2.24) is 15.5 Å². The first-order valence-corrected chi connectivity index (χ1v) is 6.74. The molecular weight excluding hydrogens is 252 g/mol. The zero-order valence-electron chi connectivity index (χ0n) is 11.8. The van der Waals surface area contributed by atoms with E-state index in [0.29, 0.717) is 18.2 Å². The van der Waals surface area contributed by atoms with Crippen LogP contribution in [0.1, 0.15) is 41.5 Å². The molecule has 0 spiro atoms. The fraction of sp³-hybridized carbons (Fsp3) is 0.333. The number of hydrogen-bond acceptors (Lipinski definition) is 3. The van der Waals surface area contributed by atoms with Crippen LogP contribution in [-0.4, -0.2) is 22.6 Å². The molecule has 0 aliphatic carbocycles. The highest BCUT2D eigenvalue weighted by atomic mass is 16.1. The Kier molecular flexibility index (Phi) is 4.40. The van der Waals surface area contributed by atoms with Crippen molar-refractivity contribution in [3.63, 3.8) is 0 Å². The van der Waals surface area contributed by atoms with Gasteiger partial charge in [-0.2, -0.15) is 5.10 Å². The lowest BCUT2D eigenvalue weighted by atomic mass is 10.1. The van der Waals surface area contributed by atoms with Crippen molar-refractivity contribution in [2.45, 2.75) is 26.2 Å². The lowest BCUT2D eigenvalue weighted by Crippen LogP contribution is -2.26. The first-order chi connectivity index (χ1) is 9.56. The molecule has 5 nitrogen and oxygen atoms in total. The molecule has 2 rings (SSSR count). The van der Waals surface area contributed by atoms with Crippen LogP contribution in [0.3, 0.4) is 0 Å². The van der Waals surface area contributed by atoms with Gasteiger partial charge < -0.3 is 11.1 Å². The van der Waals surface area contributed by atoms with Crippen LogP contribution < -0.4 is 11.1 Å². The Balaban J connectivity index is 1.84. The molecule has 2 aromatic rings. The zero-order valence-corrected chi connectivity index (χ0v) is 11.8. The first-order valence-electron chi connectivity index (χ1n) is 6.74. The standard InChI is InChI=1S/C15H20N4O/c1-10(2)13-9-14(19-18-13)15(20)17-8-7-11-3-5-12(16)6-4-11/h3-6,9-10H,7-8,16H2,1-2H3,(H,17,20)(H,18,19). The largest absolute Gasteiger partial charge is 0.399 e. The maximum atomic E-state index is 11.9. The van der Waals surface area contributed by atoms with Crippen LogP contribution in [0.15, 0.2) is 30.3 Å². The van der Waals surface area contributed by atoms with Gasteiger partial charge in [-0.05, 0) is 36.1 Å². The fourth-order valence-electron chi connectivity index (χ4n) is 1.84. The molecule has 0 aliphatic rings. The number of amides is 1. The second-order valence-corrected chi connectivity index (χ2v) is 5.11. The number of nitrogens with one attached hydrogen (secondary N) is 2. The zero-order chi connectivity index (χ0) is 14.5. The molecule has 106 valence electrons. The number of H-pyrrole nitrogens is 1. The summed E-state index contributed by atoms with van der Waals surface area (Å²) >= 11 is 0. The van der Waals surface area contributed by atoms with Gasteiger partial charge in [-0.25, -0.2) is 0 Å². The molecule has 20 heavy (non-hydrogen) atoms. The number of anilines is 1. The van der Waals surface area contributed by atoms with E-state index in [2.05, 4.69) is 29.4 Å². The maximum Gasteiger partial charge on any atom is 0.271 e. The Hall–Kier alpha value is -2.30. The molecule has 0 atom stereocenters. The highest BCUT2D eigenvalue weighted by molar-refractivity contribution is 5.92. The quantitative estimate of drug-likeness (QED) is 0.729. The monoisotopic (exact) mass is 272 g/mol. The Morgan fingerprint density at radius 3 is 2.65 bits per heavy atom. The summed E-state index contributed by atoms with van der Waals surface area (Å²) in [6, 6.07) is 9.45. The minimum absolute atomic E-state index is 0.149. The van der Waals surface area contributed by atoms with Gasteiger partial charge in [0.05, 0.1) is 0 Å². The van der Waals surface area contributed by atoms with Crippen molar-refractivity contribution < 1.29 is 4.79 Å². The molecule has 1 heterocycles. The molecular formula is C15H20N4O. The molecule has 0 saturated carbocycles.